The van der Waals surface area contributed by atoms with Gasteiger partial charge in [0.25, 0.3) is 0 Å². The molecule has 0 bridgehead atoms. The highest BCUT2D eigenvalue weighted by Crippen LogP contribution is 2.23. The summed E-state index contributed by atoms with van der Waals surface area (Å²) in [6.45, 7) is 3.89. The standard InChI is InChI=1S/C13H21NO3S/c1-3-9-18(15,16)10-8-17-13-7-5-4-6-12(13)11(2)14/h4-7,11H,3,8-10,14H2,1-2H3. The molecule has 1 atom stereocenters. The van der Waals surface area contributed by atoms with E-state index in [9.17, 15) is 8.42 Å². The van der Waals surface area contributed by atoms with Crippen LogP contribution in [0.5, 0.6) is 5.75 Å². The Balaban J connectivity index is 2.59. The van der Waals surface area contributed by atoms with Crippen LogP contribution in [0.3, 0.4) is 0 Å². The smallest absolute Gasteiger partial charge is 0.153 e. The lowest BCUT2D eigenvalue weighted by Gasteiger charge is -2.13. The second-order valence-electron chi connectivity index (χ2n) is 4.33. The second kappa shape index (κ2) is 6.75. The van der Waals surface area contributed by atoms with Gasteiger partial charge in [-0.1, -0.05) is 25.1 Å². The molecule has 0 saturated carbocycles. The van der Waals surface area contributed by atoms with Gasteiger partial charge in [0.2, 0.25) is 0 Å². The third kappa shape index (κ3) is 4.66. The van der Waals surface area contributed by atoms with Gasteiger partial charge in [0, 0.05) is 11.6 Å². The summed E-state index contributed by atoms with van der Waals surface area (Å²) >= 11 is 0. The fourth-order valence-electron chi connectivity index (χ4n) is 1.68. The topological polar surface area (TPSA) is 69.4 Å². The molecule has 0 spiro atoms. The molecule has 5 heteroatoms. The van der Waals surface area contributed by atoms with E-state index in [1.165, 1.54) is 0 Å². The number of ether oxygens (including phenoxy) is 1. The minimum absolute atomic E-state index is 0.0497. The van der Waals surface area contributed by atoms with Crippen LogP contribution in [0.15, 0.2) is 24.3 Å². The zero-order chi connectivity index (χ0) is 13.6. The minimum Gasteiger partial charge on any atom is -0.492 e. The van der Waals surface area contributed by atoms with Crippen LogP contribution in [0, 0.1) is 0 Å². The third-order valence-electron chi connectivity index (χ3n) is 2.58. The monoisotopic (exact) mass is 271 g/mol. The maximum absolute atomic E-state index is 11.5. The SMILES string of the molecule is CCCS(=O)(=O)CCOc1ccccc1C(C)N. The number of nitrogens with two attached hydrogens (primary N) is 1. The van der Waals surface area contributed by atoms with Crippen molar-refractivity contribution < 1.29 is 13.2 Å². The molecule has 0 aromatic heterocycles. The highest BCUT2D eigenvalue weighted by molar-refractivity contribution is 7.91. The Labute approximate surface area is 109 Å². The van der Waals surface area contributed by atoms with Crippen LogP contribution in [0.2, 0.25) is 0 Å². The Morgan fingerprint density at radius 2 is 1.94 bits per heavy atom. The summed E-state index contributed by atoms with van der Waals surface area (Å²) in [5.41, 5.74) is 6.72. The summed E-state index contributed by atoms with van der Waals surface area (Å²) in [6, 6.07) is 7.31. The Morgan fingerprint density at radius 3 is 2.56 bits per heavy atom. The fraction of sp³-hybridized carbons (Fsp3) is 0.538. The van der Waals surface area contributed by atoms with Gasteiger partial charge < -0.3 is 10.5 Å². The largest absolute Gasteiger partial charge is 0.492 e. The van der Waals surface area contributed by atoms with E-state index in [2.05, 4.69) is 0 Å². The van der Waals surface area contributed by atoms with Gasteiger partial charge in [0.15, 0.2) is 9.84 Å². The van der Waals surface area contributed by atoms with Crippen molar-refractivity contribution >= 4 is 9.84 Å². The molecule has 1 aromatic rings. The van der Waals surface area contributed by atoms with Crippen molar-refractivity contribution in [1.29, 1.82) is 0 Å². The first-order chi connectivity index (χ1) is 8.46. The minimum atomic E-state index is -2.99. The predicted octanol–water partition coefficient (Wildman–Crippen LogP) is 1.91. The molecule has 1 unspecified atom stereocenters. The van der Waals surface area contributed by atoms with Crippen molar-refractivity contribution in [3.8, 4) is 5.75 Å². The first kappa shape index (κ1) is 15.0. The average Bonchev–Trinajstić information content (AvgIpc) is 2.29. The van der Waals surface area contributed by atoms with Crippen LogP contribution >= 0.6 is 0 Å². The molecule has 0 amide bonds. The summed E-state index contributed by atoms with van der Waals surface area (Å²) in [5.74, 6) is 0.929. The van der Waals surface area contributed by atoms with Crippen LogP contribution in [-0.4, -0.2) is 26.5 Å². The first-order valence-corrected chi connectivity index (χ1v) is 7.96. The van der Waals surface area contributed by atoms with Crippen molar-refractivity contribution in [3.05, 3.63) is 29.8 Å². The van der Waals surface area contributed by atoms with E-state index in [0.717, 1.165) is 5.56 Å². The molecular weight excluding hydrogens is 250 g/mol. The second-order valence-corrected chi connectivity index (χ2v) is 6.63. The zero-order valence-electron chi connectivity index (χ0n) is 10.9. The number of rotatable bonds is 7. The zero-order valence-corrected chi connectivity index (χ0v) is 11.7. The Kier molecular flexibility index (Phi) is 5.62. The highest BCUT2D eigenvalue weighted by atomic mass is 32.2. The predicted molar refractivity (Wildman–Crippen MR) is 73.5 cm³/mol. The molecular formula is C13H21NO3S. The normalized spacial score (nSPS) is 13.3. The van der Waals surface area contributed by atoms with Crippen LogP contribution in [0.25, 0.3) is 0 Å². The van der Waals surface area contributed by atoms with Gasteiger partial charge in [-0.2, -0.15) is 0 Å². The summed E-state index contributed by atoms with van der Waals surface area (Å²) < 4.78 is 28.6. The van der Waals surface area contributed by atoms with Gasteiger partial charge in [0.05, 0.1) is 11.5 Å². The molecule has 0 aliphatic carbocycles. The number of hydrogen-bond donors (Lipinski definition) is 1. The molecule has 0 aliphatic heterocycles. The quantitative estimate of drug-likeness (QED) is 0.822. The average molecular weight is 271 g/mol. The molecule has 2 N–H and O–H groups in total. The van der Waals surface area contributed by atoms with E-state index in [1.807, 2.05) is 38.1 Å². The Morgan fingerprint density at radius 1 is 1.28 bits per heavy atom. The van der Waals surface area contributed by atoms with Crippen LogP contribution in [0.4, 0.5) is 0 Å². The van der Waals surface area contributed by atoms with Gasteiger partial charge in [0.1, 0.15) is 12.4 Å². The molecule has 102 valence electrons. The van der Waals surface area contributed by atoms with Crippen molar-refractivity contribution in [2.24, 2.45) is 5.73 Å². The summed E-state index contributed by atoms with van der Waals surface area (Å²) in [5, 5.41) is 0. The molecule has 4 nitrogen and oxygen atoms in total. The number of hydrogen-bond acceptors (Lipinski definition) is 4. The number of para-hydroxylation sites is 1. The Bertz CT molecular complexity index is 469. The van der Waals surface area contributed by atoms with E-state index < -0.39 is 9.84 Å². The third-order valence-corrected chi connectivity index (χ3v) is 4.40. The van der Waals surface area contributed by atoms with Crippen molar-refractivity contribution in [1.82, 2.24) is 0 Å². The van der Waals surface area contributed by atoms with E-state index in [1.54, 1.807) is 0 Å². The van der Waals surface area contributed by atoms with Crippen molar-refractivity contribution in [2.45, 2.75) is 26.3 Å². The fourth-order valence-corrected chi connectivity index (χ4v) is 2.84. The lowest BCUT2D eigenvalue weighted by Crippen LogP contribution is -2.17. The molecule has 18 heavy (non-hydrogen) atoms. The molecule has 0 aliphatic rings. The van der Waals surface area contributed by atoms with Gasteiger partial charge in [-0.05, 0) is 19.4 Å². The van der Waals surface area contributed by atoms with Crippen LogP contribution in [0.1, 0.15) is 31.9 Å². The maximum atomic E-state index is 11.5. The highest BCUT2D eigenvalue weighted by Gasteiger charge is 2.11. The Hall–Kier alpha value is -1.07. The molecule has 0 saturated heterocycles. The van der Waals surface area contributed by atoms with E-state index >= 15 is 0 Å². The van der Waals surface area contributed by atoms with Gasteiger partial charge >= 0.3 is 0 Å². The van der Waals surface area contributed by atoms with Crippen LogP contribution < -0.4 is 10.5 Å². The number of benzene rings is 1. The summed E-state index contributed by atoms with van der Waals surface area (Å²) in [6.07, 6.45) is 0.638. The molecule has 1 rings (SSSR count). The summed E-state index contributed by atoms with van der Waals surface area (Å²) in [4.78, 5) is 0. The molecule has 1 aromatic carbocycles. The lowest BCUT2D eigenvalue weighted by molar-refractivity contribution is 0.335. The molecule has 0 heterocycles. The van der Waals surface area contributed by atoms with Crippen molar-refractivity contribution in [2.75, 3.05) is 18.1 Å². The summed E-state index contributed by atoms with van der Waals surface area (Å²) in [7, 11) is -2.99. The van der Waals surface area contributed by atoms with Crippen LogP contribution in [-0.2, 0) is 9.84 Å². The van der Waals surface area contributed by atoms with Gasteiger partial charge in [-0.15, -0.1) is 0 Å². The van der Waals surface area contributed by atoms with E-state index in [-0.39, 0.29) is 24.2 Å². The maximum Gasteiger partial charge on any atom is 0.153 e. The van der Waals surface area contributed by atoms with Crippen molar-refractivity contribution in [3.63, 3.8) is 0 Å². The van der Waals surface area contributed by atoms with E-state index in [4.69, 9.17) is 10.5 Å². The molecule has 0 radical (unpaired) electrons. The molecule has 0 fully saturated rings. The number of sulfone groups is 1. The lowest BCUT2D eigenvalue weighted by atomic mass is 10.1. The first-order valence-electron chi connectivity index (χ1n) is 6.14. The van der Waals surface area contributed by atoms with Gasteiger partial charge in [-0.3, -0.25) is 0 Å². The van der Waals surface area contributed by atoms with Gasteiger partial charge in [-0.25, -0.2) is 8.42 Å². The van der Waals surface area contributed by atoms with E-state index in [0.29, 0.717) is 12.2 Å².